The summed E-state index contributed by atoms with van der Waals surface area (Å²) in [5.41, 5.74) is 0.130. The van der Waals surface area contributed by atoms with E-state index in [1.54, 1.807) is 0 Å². The van der Waals surface area contributed by atoms with Gasteiger partial charge < -0.3 is 10.4 Å². The van der Waals surface area contributed by atoms with Crippen LogP contribution in [0.3, 0.4) is 0 Å². The van der Waals surface area contributed by atoms with Crippen LogP contribution in [0.25, 0.3) is 0 Å². The van der Waals surface area contributed by atoms with Crippen molar-refractivity contribution in [3.05, 3.63) is 29.6 Å². The molecule has 0 heterocycles. The Hall–Kier alpha value is -1.58. The number of carbonyl (C=O) groups is 1. The van der Waals surface area contributed by atoms with Crippen molar-refractivity contribution in [2.24, 2.45) is 11.8 Å². The largest absolute Gasteiger partial charge is 0.507 e. The molecule has 19 heavy (non-hydrogen) atoms. The third-order valence-electron chi connectivity index (χ3n) is 3.89. The highest BCUT2D eigenvalue weighted by atomic mass is 19.1. The van der Waals surface area contributed by atoms with Crippen LogP contribution in [0, 0.1) is 17.7 Å². The van der Waals surface area contributed by atoms with Crippen molar-refractivity contribution < 1.29 is 14.3 Å². The van der Waals surface area contributed by atoms with Crippen molar-refractivity contribution in [2.75, 3.05) is 6.54 Å². The molecule has 0 spiro atoms. The predicted molar refractivity (Wildman–Crippen MR) is 71.5 cm³/mol. The molecule has 0 atom stereocenters. The maximum absolute atomic E-state index is 12.8. The van der Waals surface area contributed by atoms with Crippen LogP contribution >= 0.6 is 0 Å². The van der Waals surface area contributed by atoms with Crippen LogP contribution < -0.4 is 5.32 Å². The van der Waals surface area contributed by atoms with E-state index < -0.39 is 5.82 Å². The third kappa shape index (κ3) is 3.69. The Morgan fingerprint density at radius 1 is 1.37 bits per heavy atom. The first kappa shape index (κ1) is 13.8. The normalized spacial score (nSPS) is 23.1. The minimum atomic E-state index is -0.546. The molecule has 104 valence electrons. The van der Waals surface area contributed by atoms with Gasteiger partial charge in [-0.2, -0.15) is 0 Å². The SMILES string of the molecule is CC1CCC(CNC(=O)c2ccc(F)cc2O)CC1. The summed E-state index contributed by atoms with van der Waals surface area (Å²) in [5.74, 6) is 0.108. The lowest BCUT2D eigenvalue weighted by Crippen LogP contribution is -2.31. The Bertz CT molecular complexity index is 453. The fourth-order valence-electron chi connectivity index (χ4n) is 2.56. The zero-order valence-electron chi connectivity index (χ0n) is 11.2. The number of hydrogen-bond donors (Lipinski definition) is 2. The number of amides is 1. The second-order valence-corrected chi connectivity index (χ2v) is 5.50. The quantitative estimate of drug-likeness (QED) is 0.882. The molecule has 1 aliphatic carbocycles. The van der Waals surface area contributed by atoms with E-state index in [1.165, 1.54) is 25.0 Å². The summed E-state index contributed by atoms with van der Waals surface area (Å²) >= 11 is 0. The molecule has 1 saturated carbocycles. The van der Waals surface area contributed by atoms with Crippen LogP contribution in [0.1, 0.15) is 43.0 Å². The molecule has 2 N–H and O–H groups in total. The third-order valence-corrected chi connectivity index (χ3v) is 3.89. The maximum atomic E-state index is 12.8. The molecule has 0 saturated heterocycles. The lowest BCUT2D eigenvalue weighted by molar-refractivity contribution is 0.0939. The average Bonchev–Trinajstić information content (AvgIpc) is 2.37. The number of hydrogen-bond acceptors (Lipinski definition) is 2. The maximum Gasteiger partial charge on any atom is 0.255 e. The van der Waals surface area contributed by atoms with Crippen molar-refractivity contribution in [1.29, 1.82) is 0 Å². The van der Waals surface area contributed by atoms with Crippen LogP contribution in [0.2, 0.25) is 0 Å². The van der Waals surface area contributed by atoms with E-state index in [4.69, 9.17) is 0 Å². The van der Waals surface area contributed by atoms with Gasteiger partial charge in [0.1, 0.15) is 11.6 Å². The molecule has 0 unspecified atom stereocenters. The molecule has 0 aliphatic heterocycles. The summed E-state index contributed by atoms with van der Waals surface area (Å²) in [6, 6.07) is 3.44. The van der Waals surface area contributed by atoms with Crippen LogP contribution in [0.15, 0.2) is 18.2 Å². The van der Waals surface area contributed by atoms with Gasteiger partial charge in [0, 0.05) is 12.6 Å². The Morgan fingerprint density at radius 2 is 2.05 bits per heavy atom. The van der Waals surface area contributed by atoms with E-state index >= 15 is 0 Å². The molecule has 1 fully saturated rings. The molecule has 0 bridgehead atoms. The number of nitrogens with one attached hydrogen (secondary N) is 1. The van der Waals surface area contributed by atoms with Gasteiger partial charge in [0.05, 0.1) is 5.56 Å². The van der Waals surface area contributed by atoms with Crippen molar-refractivity contribution >= 4 is 5.91 Å². The first-order valence-electron chi connectivity index (χ1n) is 6.83. The number of phenolic OH excluding ortho intramolecular Hbond substituents is 1. The molecule has 2 rings (SSSR count). The lowest BCUT2D eigenvalue weighted by atomic mass is 9.83. The van der Waals surface area contributed by atoms with E-state index in [2.05, 4.69) is 12.2 Å². The van der Waals surface area contributed by atoms with E-state index in [-0.39, 0.29) is 17.2 Å². The second-order valence-electron chi connectivity index (χ2n) is 5.50. The van der Waals surface area contributed by atoms with Gasteiger partial charge in [0.25, 0.3) is 5.91 Å². The summed E-state index contributed by atoms with van der Waals surface area (Å²) in [6.07, 6.45) is 4.69. The molecule has 1 amide bonds. The number of benzene rings is 1. The van der Waals surface area contributed by atoms with Gasteiger partial charge in [-0.1, -0.05) is 19.8 Å². The highest BCUT2D eigenvalue weighted by molar-refractivity contribution is 5.96. The van der Waals surface area contributed by atoms with E-state index in [0.29, 0.717) is 12.5 Å². The Kier molecular flexibility index (Phi) is 4.40. The van der Waals surface area contributed by atoms with Crippen molar-refractivity contribution in [3.63, 3.8) is 0 Å². The zero-order valence-corrected chi connectivity index (χ0v) is 11.2. The van der Waals surface area contributed by atoms with Gasteiger partial charge >= 0.3 is 0 Å². The fourth-order valence-corrected chi connectivity index (χ4v) is 2.56. The summed E-state index contributed by atoms with van der Waals surface area (Å²) in [7, 11) is 0. The minimum absolute atomic E-state index is 0.130. The summed E-state index contributed by atoms with van der Waals surface area (Å²) in [6.45, 7) is 2.88. The molecule has 4 heteroatoms. The van der Waals surface area contributed by atoms with Crippen molar-refractivity contribution in [2.45, 2.75) is 32.6 Å². The first-order valence-corrected chi connectivity index (χ1v) is 6.83. The summed E-state index contributed by atoms with van der Waals surface area (Å²) < 4.78 is 12.8. The van der Waals surface area contributed by atoms with Gasteiger partial charge in [-0.3, -0.25) is 4.79 Å². The Labute approximate surface area is 112 Å². The van der Waals surface area contributed by atoms with Gasteiger partial charge in [-0.05, 0) is 36.8 Å². The number of carbonyl (C=O) groups excluding carboxylic acids is 1. The van der Waals surface area contributed by atoms with Crippen molar-refractivity contribution in [1.82, 2.24) is 5.32 Å². The Balaban J connectivity index is 1.87. The molecule has 1 aromatic rings. The van der Waals surface area contributed by atoms with Gasteiger partial charge in [-0.15, -0.1) is 0 Å². The van der Waals surface area contributed by atoms with E-state index in [9.17, 15) is 14.3 Å². The topological polar surface area (TPSA) is 49.3 Å². The van der Waals surface area contributed by atoms with Gasteiger partial charge in [-0.25, -0.2) is 4.39 Å². The summed E-state index contributed by atoms with van der Waals surface area (Å²) in [5, 5.41) is 12.4. The van der Waals surface area contributed by atoms with Gasteiger partial charge in [0.2, 0.25) is 0 Å². The fraction of sp³-hybridized carbons (Fsp3) is 0.533. The molecular weight excluding hydrogens is 245 g/mol. The number of phenols is 1. The minimum Gasteiger partial charge on any atom is -0.507 e. The van der Waals surface area contributed by atoms with E-state index in [0.717, 1.165) is 24.8 Å². The lowest BCUT2D eigenvalue weighted by Gasteiger charge is -2.26. The molecule has 1 aromatic carbocycles. The van der Waals surface area contributed by atoms with Crippen LogP contribution in [0.5, 0.6) is 5.75 Å². The van der Waals surface area contributed by atoms with Crippen LogP contribution in [0.4, 0.5) is 4.39 Å². The average molecular weight is 265 g/mol. The smallest absolute Gasteiger partial charge is 0.255 e. The molecule has 1 aliphatic rings. The molecular formula is C15H20FNO2. The summed E-state index contributed by atoms with van der Waals surface area (Å²) in [4.78, 5) is 11.9. The number of aromatic hydroxyl groups is 1. The first-order chi connectivity index (χ1) is 9.06. The zero-order chi connectivity index (χ0) is 13.8. The van der Waals surface area contributed by atoms with Gasteiger partial charge in [0.15, 0.2) is 0 Å². The second kappa shape index (κ2) is 6.04. The van der Waals surface area contributed by atoms with Crippen LogP contribution in [-0.2, 0) is 0 Å². The predicted octanol–water partition coefficient (Wildman–Crippen LogP) is 3.09. The molecule has 3 nitrogen and oxygen atoms in total. The van der Waals surface area contributed by atoms with Crippen LogP contribution in [-0.4, -0.2) is 17.6 Å². The number of rotatable bonds is 3. The number of halogens is 1. The Morgan fingerprint density at radius 3 is 2.68 bits per heavy atom. The highest BCUT2D eigenvalue weighted by Gasteiger charge is 2.19. The van der Waals surface area contributed by atoms with Crippen molar-refractivity contribution in [3.8, 4) is 5.75 Å². The van der Waals surface area contributed by atoms with E-state index in [1.807, 2.05) is 0 Å². The standard InChI is InChI=1S/C15H20FNO2/c1-10-2-4-11(5-3-10)9-17-15(19)13-7-6-12(16)8-14(13)18/h6-8,10-11,18H,2-5,9H2,1H3,(H,17,19). The molecule has 0 aromatic heterocycles. The molecule has 0 radical (unpaired) electrons. The monoisotopic (exact) mass is 265 g/mol. The highest BCUT2D eigenvalue weighted by Crippen LogP contribution is 2.27.